The van der Waals surface area contributed by atoms with Crippen molar-refractivity contribution in [3.63, 3.8) is 0 Å². The SMILES string of the molecule is CCOC(=O)C1=C(C(F)(F)F)N=C2SC=C(CC(=O)NC(C)C)N2C1c1ccccc1. The van der Waals surface area contributed by atoms with E-state index in [1.54, 1.807) is 35.7 Å². The number of amides is 1. The average Bonchev–Trinajstić information content (AvgIpc) is 3.08. The molecule has 31 heavy (non-hydrogen) atoms. The van der Waals surface area contributed by atoms with Crippen LogP contribution in [0.1, 0.15) is 38.8 Å². The summed E-state index contributed by atoms with van der Waals surface area (Å²) in [6.07, 6.45) is -4.92. The number of amidine groups is 1. The van der Waals surface area contributed by atoms with Crippen LogP contribution in [0.4, 0.5) is 13.2 Å². The molecule has 0 bridgehead atoms. The number of ether oxygens (including phenoxy) is 1. The fourth-order valence-electron chi connectivity index (χ4n) is 3.38. The summed E-state index contributed by atoms with van der Waals surface area (Å²) in [7, 11) is 0. The van der Waals surface area contributed by atoms with E-state index < -0.39 is 29.5 Å². The summed E-state index contributed by atoms with van der Waals surface area (Å²) >= 11 is 0.988. The number of hydrogen-bond acceptors (Lipinski definition) is 6. The highest BCUT2D eigenvalue weighted by molar-refractivity contribution is 8.16. The quantitative estimate of drug-likeness (QED) is 0.651. The average molecular weight is 453 g/mol. The van der Waals surface area contributed by atoms with Gasteiger partial charge in [-0.3, -0.25) is 4.79 Å². The fraction of sp³-hybridized carbons (Fsp3) is 0.381. The second-order valence-electron chi connectivity index (χ2n) is 7.18. The van der Waals surface area contributed by atoms with E-state index in [2.05, 4.69) is 10.3 Å². The summed E-state index contributed by atoms with van der Waals surface area (Å²) in [4.78, 5) is 30.4. The highest BCUT2D eigenvalue weighted by Gasteiger charge is 2.49. The normalized spacial score (nSPS) is 18.5. The molecule has 6 nitrogen and oxygen atoms in total. The lowest BCUT2D eigenvalue weighted by Gasteiger charge is -2.37. The first-order chi connectivity index (χ1) is 14.6. The Bertz CT molecular complexity index is 956. The van der Waals surface area contributed by atoms with E-state index in [-0.39, 0.29) is 30.1 Å². The van der Waals surface area contributed by atoms with Crippen LogP contribution in [0.25, 0.3) is 0 Å². The lowest BCUT2D eigenvalue weighted by molar-refractivity contribution is -0.140. The van der Waals surface area contributed by atoms with E-state index in [4.69, 9.17) is 4.74 Å². The van der Waals surface area contributed by atoms with Crippen molar-refractivity contribution in [2.75, 3.05) is 6.61 Å². The number of hydrogen-bond donors (Lipinski definition) is 1. The van der Waals surface area contributed by atoms with Gasteiger partial charge in [0.05, 0.1) is 24.6 Å². The maximum absolute atomic E-state index is 13.9. The molecule has 10 heteroatoms. The molecule has 0 saturated carbocycles. The smallest absolute Gasteiger partial charge is 0.434 e. The molecule has 0 saturated heterocycles. The van der Waals surface area contributed by atoms with Crippen LogP contribution < -0.4 is 5.32 Å². The monoisotopic (exact) mass is 453 g/mol. The van der Waals surface area contributed by atoms with Crippen molar-refractivity contribution in [1.82, 2.24) is 10.2 Å². The van der Waals surface area contributed by atoms with Crippen molar-refractivity contribution < 1.29 is 27.5 Å². The molecule has 2 aliphatic rings. The Kier molecular flexibility index (Phi) is 6.78. The first-order valence-corrected chi connectivity index (χ1v) is 10.6. The Labute approximate surface area is 182 Å². The molecule has 1 amide bonds. The van der Waals surface area contributed by atoms with Crippen molar-refractivity contribution in [3.05, 3.63) is 58.3 Å². The number of nitrogens with zero attached hydrogens (tertiary/aromatic N) is 2. The molecule has 0 spiro atoms. The molecular weight excluding hydrogens is 431 g/mol. The van der Waals surface area contributed by atoms with E-state index in [1.807, 2.05) is 13.8 Å². The minimum absolute atomic E-state index is 0.0570. The molecule has 1 atom stereocenters. The summed E-state index contributed by atoms with van der Waals surface area (Å²) in [5.41, 5.74) is -0.960. The number of carbonyl (C=O) groups excluding carboxylic acids is 2. The number of esters is 1. The van der Waals surface area contributed by atoms with Gasteiger partial charge in [-0.2, -0.15) is 13.2 Å². The third-order valence-corrected chi connectivity index (χ3v) is 5.37. The van der Waals surface area contributed by atoms with Crippen LogP contribution in [0.3, 0.4) is 0 Å². The molecule has 1 N–H and O–H groups in total. The highest BCUT2D eigenvalue weighted by Crippen LogP contribution is 2.48. The molecule has 0 aromatic heterocycles. The van der Waals surface area contributed by atoms with E-state index in [9.17, 15) is 22.8 Å². The Morgan fingerprint density at radius 1 is 1.26 bits per heavy atom. The molecular formula is C21H22F3N3O3S. The highest BCUT2D eigenvalue weighted by atomic mass is 32.2. The van der Waals surface area contributed by atoms with Gasteiger partial charge in [-0.1, -0.05) is 42.1 Å². The van der Waals surface area contributed by atoms with Crippen molar-refractivity contribution in [2.45, 2.75) is 45.5 Å². The summed E-state index contributed by atoms with van der Waals surface area (Å²) in [6, 6.07) is 7.13. The van der Waals surface area contributed by atoms with Crippen molar-refractivity contribution in [2.24, 2.45) is 4.99 Å². The van der Waals surface area contributed by atoms with Crippen molar-refractivity contribution in [3.8, 4) is 0 Å². The number of rotatable bonds is 6. The predicted molar refractivity (Wildman–Crippen MR) is 112 cm³/mol. The predicted octanol–water partition coefficient (Wildman–Crippen LogP) is 4.28. The van der Waals surface area contributed by atoms with Gasteiger partial charge in [-0.15, -0.1) is 0 Å². The standard InChI is InChI=1S/C21H22F3N3O3S/c1-4-30-19(29)16-17(13-8-6-5-7-9-13)27-14(10-15(28)25-12(2)3)11-31-20(27)26-18(16)21(22,23)24/h5-9,11-12,17H,4,10H2,1-3H3,(H,25,28). The number of nitrogens with one attached hydrogen (secondary N) is 1. The van der Waals surface area contributed by atoms with Gasteiger partial charge in [0.2, 0.25) is 5.91 Å². The summed E-state index contributed by atoms with van der Waals surface area (Å²) < 4.78 is 46.7. The number of benzene rings is 1. The van der Waals surface area contributed by atoms with E-state index in [0.717, 1.165) is 11.8 Å². The first kappa shape index (κ1) is 22.9. The molecule has 2 aliphatic heterocycles. The molecule has 0 radical (unpaired) electrons. The van der Waals surface area contributed by atoms with Crippen LogP contribution in [-0.2, 0) is 14.3 Å². The van der Waals surface area contributed by atoms with E-state index in [0.29, 0.717) is 11.3 Å². The molecule has 0 aliphatic carbocycles. The van der Waals surface area contributed by atoms with Gasteiger partial charge in [0.1, 0.15) is 0 Å². The second kappa shape index (κ2) is 9.17. The lowest BCUT2D eigenvalue weighted by Crippen LogP contribution is -2.40. The topological polar surface area (TPSA) is 71.0 Å². The number of allylic oxidation sites excluding steroid dienone is 1. The zero-order chi connectivity index (χ0) is 22.8. The number of halogens is 3. The van der Waals surface area contributed by atoms with Crippen LogP contribution in [-0.4, -0.2) is 40.8 Å². The molecule has 1 aromatic rings. The van der Waals surface area contributed by atoms with Gasteiger partial charge in [-0.05, 0) is 31.7 Å². The zero-order valence-corrected chi connectivity index (χ0v) is 18.0. The minimum Gasteiger partial charge on any atom is -0.463 e. The van der Waals surface area contributed by atoms with Gasteiger partial charge in [0.15, 0.2) is 10.9 Å². The van der Waals surface area contributed by atoms with Gasteiger partial charge in [-0.25, -0.2) is 9.79 Å². The second-order valence-corrected chi connectivity index (χ2v) is 8.02. The van der Waals surface area contributed by atoms with Crippen LogP contribution in [0.2, 0.25) is 0 Å². The number of fused-ring (bicyclic) bond motifs is 1. The Morgan fingerprint density at radius 2 is 1.94 bits per heavy atom. The molecule has 1 unspecified atom stereocenters. The first-order valence-electron chi connectivity index (χ1n) is 9.69. The Balaban J connectivity index is 2.13. The molecule has 1 aromatic carbocycles. The largest absolute Gasteiger partial charge is 0.463 e. The zero-order valence-electron chi connectivity index (χ0n) is 17.2. The molecule has 3 rings (SSSR count). The maximum Gasteiger partial charge on any atom is 0.434 e. The van der Waals surface area contributed by atoms with Gasteiger partial charge in [0.25, 0.3) is 0 Å². The van der Waals surface area contributed by atoms with Crippen LogP contribution in [0, 0.1) is 0 Å². The maximum atomic E-state index is 13.9. The van der Waals surface area contributed by atoms with Gasteiger partial charge < -0.3 is 15.0 Å². The van der Waals surface area contributed by atoms with Gasteiger partial charge >= 0.3 is 12.1 Å². The van der Waals surface area contributed by atoms with Crippen LogP contribution >= 0.6 is 11.8 Å². The molecule has 2 heterocycles. The number of carbonyl (C=O) groups is 2. The molecule has 166 valence electrons. The number of thioether (sulfide) groups is 1. The third-order valence-electron chi connectivity index (χ3n) is 4.48. The van der Waals surface area contributed by atoms with E-state index in [1.165, 1.54) is 11.8 Å². The summed E-state index contributed by atoms with van der Waals surface area (Å²) in [5.74, 6) is -1.37. The molecule has 0 fully saturated rings. The summed E-state index contributed by atoms with van der Waals surface area (Å²) in [5, 5.41) is 4.42. The lowest BCUT2D eigenvalue weighted by atomic mass is 9.93. The van der Waals surface area contributed by atoms with E-state index >= 15 is 0 Å². The Morgan fingerprint density at radius 3 is 2.52 bits per heavy atom. The Hall–Kier alpha value is -2.75. The number of alkyl halides is 3. The van der Waals surface area contributed by atoms with Gasteiger partial charge in [0, 0.05) is 11.7 Å². The third kappa shape index (κ3) is 4.95. The summed E-state index contributed by atoms with van der Waals surface area (Å²) in [6.45, 7) is 5.06. The fourth-order valence-corrected chi connectivity index (χ4v) is 4.30. The van der Waals surface area contributed by atoms with Crippen molar-refractivity contribution >= 4 is 28.8 Å². The van der Waals surface area contributed by atoms with Crippen LogP contribution in [0.5, 0.6) is 0 Å². The van der Waals surface area contributed by atoms with Crippen molar-refractivity contribution in [1.29, 1.82) is 0 Å². The number of aliphatic imine (C=N–C) groups is 1. The van der Waals surface area contributed by atoms with Crippen LogP contribution in [0.15, 0.2) is 57.7 Å². The minimum atomic E-state index is -4.85.